The first-order valence-electron chi connectivity index (χ1n) is 34.0. The van der Waals surface area contributed by atoms with Gasteiger partial charge in [-0.25, -0.2) is 0 Å². The summed E-state index contributed by atoms with van der Waals surface area (Å²) in [5.74, 6) is 3.93. The van der Waals surface area contributed by atoms with E-state index in [9.17, 15) is 0 Å². The molecule has 2 saturated carbocycles. The second-order valence-electron chi connectivity index (χ2n) is 26.1. The number of ether oxygens (including phenoxy) is 3. The molecule has 9 aliphatic heterocycles. The van der Waals surface area contributed by atoms with Crippen LogP contribution in [-0.4, -0.2) is 190 Å². The Labute approximate surface area is 483 Å². The van der Waals surface area contributed by atoms with Gasteiger partial charge in [0.1, 0.15) is 0 Å². The molecule has 4 atom stereocenters. The van der Waals surface area contributed by atoms with Gasteiger partial charge < -0.3 is 49.3 Å². The topological polar surface area (TPSA) is 68.0 Å². The van der Waals surface area contributed by atoms with Crippen LogP contribution in [0.15, 0.2) is 0 Å². The second kappa shape index (κ2) is 54.8. The van der Waals surface area contributed by atoms with Crippen molar-refractivity contribution >= 4 is 0 Å². The van der Waals surface area contributed by atoms with E-state index in [0.717, 1.165) is 56.6 Å². The van der Waals surface area contributed by atoms with Crippen LogP contribution in [0.3, 0.4) is 0 Å². The highest BCUT2D eigenvalue weighted by molar-refractivity contribution is 4.67. The molecule has 11 fully saturated rings. The van der Waals surface area contributed by atoms with E-state index >= 15 is 0 Å². The van der Waals surface area contributed by atoms with Crippen molar-refractivity contribution in [3.05, 3.63) is 0 Å². The van der Waals surface area contributed by atoms with Crippen molar-refractivity contribution in [3.63, 3.8) is 0 Å². The summed E-state index contributed by atoms with van der Waals surface area (Å²) in [5.41, 5.74) is 0. The van der Waals surface area contributed by atoms with E-state index in [0.29, 0.717) is 12.2 Å². The second-order valence-corrected chi connectivity index (χ2v) is 26.1. The maximum absolute atomic E-state index is 5.40. The molecule has 0 aromatic carbocycles. The summed E-state index contributed by atoms with van der Waals surface area (Å²) in [6.45, 7) is 35.2. The van der Waals surface area contributed by atoms with Crippen LogP contribution in [0, 0.1) is 23.7 Å². The molecule has 11 aliphatic rings. The molecule has 11 rings (SSSR count). The highest BCUT2D eigenvalue weighted by atomic mass is 16.5. The third kappa shape index (κ3) is 53.4. The summed E-state index contributed by atoms with van der Waals surface area (Å²) in [6.07, 6.45) is 46.1. The van der Waals surface area contributed by atoms with Gasteiger partial charge in [-0.05, 0) is 260 Å². The van der Waals surface area contributed by atoms with Crippen LogP contribution >= 0.6 is 0 Å². The van der Waals surface area contributed by atoms with Crippen LogP contribution in [0.1, 0.15) is 247 Å². The van der Waals surface area contributed by atoms with E-state index in [1.807, 2.05) is 0 Å². The highest BCUT2D eigenvalue weighted by Crippen LogP contribution is 2.23. The number of nitrogens with zero attached hydrogens (tertiary/aromatic N) is 5. The van der Waals surface area contributed by atoms with Crippen LogP contribution in [-0.2, 0) is 14.2 Å². The van der Waals surface area contributed by atoms with E-state index in [4.69, 9.17) is 14.2 Å². The van der Waals surface area contributed by atoms with E-state index in [1.54, 1.807) is 0 Å². The fourth-order valence-electron chi connectivity index (χ4n) is 11.3. The zero-order chi connectivity index (χ0) is 56.2. The Morgan fingerprint density at radius 2 is 0.571 bits per heavy atom. The predicted octanol–water partition coefficient (Wildman–Crippen LogP) is 14.7. The molecule has 0 bridgehead atoms. The van der Waals surface area contributed by atoms with Crippen molar-refractivity contribution < 1.29 is 14.2 Å². The quantitative estimate of drug-likeness (QED) is 0.245. The number of rotatable bonds is 0. The van der Waals surface area contributed by atoms with Gasteiger partial charge >= 0.3 is 0 Å². The van der Waals surface area contributed by atoms with Crippen molar-refractivity contribution in [2.24, 2.45) is 23.7 Å². The molecule has 10 nitrogen and oxygen atoms in total. The lowest BCUT2D eigenvalue weighted by Gasteiger charge is -2.20. The Balaban J connectivity index is 0.000000424. The molecule has 77 heavy (non-hydrogen) atoms. The molecule has 0 amide bonds. The minimum absolute atomic E-state index is 0.525. The van der Waals surface area contributed by atoms with Gasteiger partial charge in [0.2, 0.25) is 0 Å². The lowest BCUT2D eigenvalue weighted by Crippen LogP contribution is -2.27. The Hall–Kier alpha value is -0.400. The zero-order valence-corrected chi connectivity index (χ0v) is 54.3. The summed E-state index contributed by atoms with van der Waals surface area (Å²) in [6, 6.07) is 0. The molecule has 0 radical (unpaired) electrons. The summed E-state index contributed by atoms with van der Waals surface area (Å²) in [5, 5.41) is 6.61. The number of hydrogen-bond donors (Lipinski definition) is 2. The molecule has 2 N–H and O–H groups in total. The van der Waals surface area contributed by atoms with Gasteiger partial charge in [-0.15, -0.1) is 0 Å². The number of nitrogens with one attached hydrogen (secondary N) is 2. The van der Waals surface area contributed by atoms with E-state index in [1.165, 1.54) is 291 Å². The fraction of sp³-hybridized carbons (Fsp3) is 1.00. The summed E-state index contributed by atoms with van der Waals surface area (Å²) in [4.78, 5) is 11.8. The Morgan fingerprint density at radius 1 is 0.260 bits per heavy atom. The Morgan fingerprint density at radius 3 is 0.857 bits per heavy atom. The van der Waals surface area contributed by atoms with Crippen molar-refractivity contribution in [3.8, 4) is 0 Å². The van der Waals surface area contributed by atoms with Crippen molar-refractivity contribution in [2.75, 3.05) is 153 Å². The molecular weight excluding hydrogens is 951 g/mol. The normalized spacial score (nSPS) is 28.1. The SMILES string of the molecule is CC1CCCCC1.CC1CCCCC1.CC1CCCCCO1.CC1CCCCO1.CC1CCCNC1.CC1CCNC1.CN1CCCC1.CN1CCCCC1.CN1CCCCC1.CN1CCCCC1.CN1CCCOCC1. The average molecular weight is 1090 g/mol. The third-order valence-electron chi connectivity index (χ3n) is 17.2. The zero-order valence-electron chi connectivity index (χ0n) is 54.3. The van der Waals surface area contributed by atoms with Crippen molar-refractivity contribution in [2.45, 2.75) is 259 Å². The van der Waals surface area contributed by atoms with Crippen LogP contribution in [0.2, 0.25) is 0 Å². The lowest BCUT2D eigenvalue weighted by atomic mass is 9.91. The molecule has 4 unspecified atom stereocenters. The molecule has 10 heteroatoms. The molecule has 2 aliphatic carbocycles. The largest absolute Gasteiger partial charge is 0.380 e. The smallest absolute Gasteiger partial charge is 0.0593 e. The van der Waals surface area contributed by atoms with Gasteiger partial charge in [0, 0.05) is 32.9 Å². The minimum atomic E-state index is 0.525. The molecule has 0 aromatic heterocycles. The van der Waals surface area contributed by atoms with E-state index < -0.39 is 0 Å². The Bertz CT molecular complexity index is 929. The first kappa shape index (κ1) is 74.6. The summed E-state index contributed by atoms with van der Waals surface area (Å²) < 4.78 is 15.9. The number of hydrogen-bond acceptors (Lipinski definition) is 10. The Kier molecular flexibility index (Phi) is 53.1. The maximum atomic E-state index is 5.40. The van der Waals surface area contributed by atoms with Crippen molar-refractivity contribution in [1.82, 2.24) is 35.1 Å². The van der Waals surface area contributed by atoms with Crippen LogP contribution in [0.5, 0.6) is 0 Å². The minimum Gasteiger partial charge on any atom is -0.380 e. The van der Waals surface area contributed by atoms with Crippen LogP contribution < -0.4 is 10.6 Å². The number of likely N-dealkylation sites (tertiary alicyclic amines) is 4. The lowest BCUT2D eigenvalue weighted by molar-refractivity contribution is 0.0285. The third-order valence-corrected chi connectivity index (χ3v) is 17.2. The van der Waals surface area contributed by atoms with Gasteiger partial charge in [-0.3, -0.25) is 0 Å². The van der Waals surface area contributed by atoms with Gasteiger partial charge in [0.05, 0.1) is 18.8 Å². The number of piperidine rings is 4. The van der Waals surface area contributed by atoms with E-state index in [-0.39, 0.29) is 0 Å². The first-order chi connectivity index (χ1) is 37.3. The summed E-state index contributed by atoms with van der Waals surface area (Å²) >= 11 is 0. The number of likely N-dealkylation sites (N-methyl/N-ethyl adjacent to an activating group) is 1. The van der Waals surface area contributed by atoms with Gasteiger partial charge in [-0.2, -0.15) is 0 Å². The first-order valence-corrected chi connectivity index (χ1v) is 34.0. The molecular formula is C67H141N7O3. The van der Waals surface area contributed by atoms with Gasteiger partial charge in [0.15, 0.2) is 0 Å². The molecule has 0 aromatic rings. The molecule has 9 heterocycles. The predicted molar refractivity (Wildman–Crippen MR) is 339 cm³/mol. The molecule has 9 saturated heterocycles. The van der Waals surface area contributed by atoms with Crippen LogP contribution in [0.25, 0.3) is 0 Å². The fourth-order valence-corrected chi connectivity index (χ4v) is 11.3. The van der Waals surface area contributed by atoms with Crippen molar-refractivity contribution in [1.29, 1.82) is 0 Å². The standard InChI is InChI=1S/C7H14O.2C7H14.C6H13NO.4C6H13N.C6H12O.2C5H11N/c1-7-5-3-2-4-6-8-7;2*1-7-5-3-2-4-6-7;1-7-3-2-5-8-6-4-7;1-6-3-2-4-7-5-6;3*1-7-5-3-2-4-6-7;1-6-4-2-3-5-7-6;1-5-2-3-6-4-5;1-6-4-2-3-5-6/h7H,2-6H2,1H3;2*7H,2-6H2,1H3;2-6H2,1H3;6-7H,2-5H2,1H3;3*2-6H2,1H3;6H,2-5H2,1H3;5-6H,2-4H2,1H3;2-5H2,1H3. The molecule has 0 spiro atoms. The van der Waals surface area contributed by atoms with Gasteiger partial charge in [-0.1, -0.05) is 124 Å². The molecule has 462 valence electrons. The van der Waals surface area contributed by atoms with Crippen LogP contribution in [0.4, 0.5) is 0 Å². The monoisotopic (exact) mass is 1090 g/mol. The highest BCUT2D eigenvalue weighted by Gasteiger charge is 2.11. The maximum Gasteiger partial charge on any atom is 0.0593 e. The average Bonchev–Trinajstić information content (AvgIpc) is 3.99. The van der Waals surface area contributed by atoms with Gasteiger partial charge in [0.25, 0.3) is 0 Å². The van der Waals surface area contributed by atoms with E-state index in [2.05, 4.69) is 112 Å². The summed E-state index contributed by atoms with van der Waals surface area (Å²) in [7, 11) is 10.9.